The summed E-state index contributed by atoms with van der Waals surface area (Å²) >= 11 is 0. The first-order valence-corrected chi connectivity index (χ1v) is 8.84. The maximum atomic E-state index is 13.6. The number of halogens is 2. The van der Waals surface area contributed by atoms with E-state index in [0.29, 0.717) is 5.75 Å². The molecule has 0 N–H and O–H groups in total. The fraction of sp³-hybridized carbons (Fsp3) is 0.238. The van der Waals surface area contributed by atoms with Crippen LogP contribution in [0.4, 0.5) is 8.78 Å². The van der Waals surface area contributed by atoms with E-state index in [9.17, 15) is 13.6 Å². The number of rotatable bonds is 7. The van der Waals surface area contributed by atoms with E-state index in [1.807, 2.05) is 31.2 Å². The van der Waals surface area contributed by atoms with Crippen molar-refractivity contribution in [3.8, 4) is 11.5 Å². The molecule has 6 nitrogen and oxygen atoms in total. The largest absolute Gasteiger partial charge is 0.497 e. The van der Waals surface area contributed by atoms with Crippen molar-refractivity contribution in [2.45, 2.75) is 19.6 Å². The van der Waals surface area contributed by atoms with Crippen LogP contribution in [0.25, 0.3) is 0 Å². The molecule has 0 aliphatic carbocycles. The van der Waals surface area contributed by atoms with Crippen LogP contribution < -0.4 is 9.47 Å². The summed E-state index contributed by atoms with van der Waals surface area (Å²) < 4.78 is 42.6. The fourth-order valence-corrected chi connectivity index (χ4v) is 2.73. The Kier molecular flexibility index (Phi) is 6.11. The number of methoxy groups -OCH3 is 1. The number of hydrogen-bond acceptors (Lipinski definition) is 5. The molecule has 1 atom stereocenters. The summed E-state index contributed by atoms with van der Waals surface area (Å²) in [7, 11) is 3.22. The van der Waals surface area contributed by atoms with E-state index in [4.69, 9.17) is 14.0 Å². The number of ether oxygens (including phenoxy) is 2. The second-order valence-electron chi connectivity index (χ2n) is 6.39. The van der Waals surface area contributed by atoms with Gasteiger partial charge in [-0.2, -0.15) is 0 Å². The van der Waals surface area contributed by atoms with Crippen molar-refractivity contribution in [3.05, 3.63) is 77.2 Å². The lowest BCUT2D eigenvalue weighted by molar-refractivity contribution is 0.0731. The normalized spacial score (nSPS) is 11.8. The molecule has 0 fully saturated rings. The molecule has 3 aromatic rings. The molecule has 0 aliphatic heterocycles. The monoisotopic (exact) mass is 402 g/mol. The van der Waals surface area contributed by atoms with Gasteiger partial charge in [-0.25, -0.2) is 8.78 Å². The summed E-state index contributed by atoms with van der Waals surface area (Å²) in [6.45, 7) is 1.60. The number of amides is 1. The predicted octanol–water partition coefficient (Wildman–Crippen LogP) is 4.37. The fourth-order valence-electron chi connectivity index (χ4n) is 2.73. The Bertz CT molecular complexity index is 986. The van der Waals surface area contributed by atoms with Gasteiger partial charge >= 0.3 is 0 Å². The maximum Gasteiger partial charge on any atom is 0.276 e. The number of carbonyl (C=O) groups is 1. The third kappa shape index (κ3) is 4.53. The van der Waals surface area contributed by atoms with Crippen LogP contribution in [0.15, 0.2) is 53.1 Å². The topological polar surface area (TPSA) is 64.8 Å². The molecular weight excluding hydrogens is 382 g/mol. The van der Waals surface area contributed by atoms with Crippen LogP contribution in [0.5, 0.6) is 11.5 Å². The second-order valence-corrected chi connectivity index (χ2v) is 6.39. The predicted molar refractivity (Wildman–Crippen MR) is 101 cm³/mol. The van der Waals surface area contributed by atoms with Crippen LogP contribution in [-0.4, -0.2) is 30.1 Å². The third-order valence-corrected chi connectivity index (χ3v) is 4.53. The molecule has 0 spiro atoms. The molecule has 3 rings (SSSR count). The van der Waals surface area contributed by atoms with Crippen molar-refractivity contribution in [1.29, 1.82) is 0 Å². The molecule has 0 saturated heterocycles. The Morgan fingerprint density at radius 3 is 2.55 bits per heavy atom. The summed E-state index contributed by atoms with van der Waals surface area (Å²) in [5, 5.41) is 3.75. The Balaban J connectivity index is 1.68. The highest BCUT2D eigenvalue weighted by molar-refractivity contribution is 5.92. The SMILES string of the molecule is COc1cccc([C@H](C)N(C)C(=O)c2cc(COc3c(F)cccc3F)on2)c1. The lowest BCUT2D eigenvalue weighted by Gasteiger charge is -2.24. The van der Waals surface area contributed by atoms with E-state index in [1.165, 1.54) is 17.0 Å². The minimum atomic E-state index is -0.826. The van der Waals surface area contributed by atoms with Crippen molar-refractivity contribution in [3.63, 3.8) is 0 Å². The zero-order valence-corrected chi connectivity index (χ0v) is 16.2. The molecule has 8 heteroatoms. The number of para-hydroxylation sites is 1. The van der Waals surface area contributed by atoms with Crippen LogP contribution in [0, 0.1) is 11.6 Å². The van der Waals surface area contributed by atoms with Gasteiger partial charge in [0.25, 0.3) is 5.91 Å². The molecule has 0 unspecified atom stereocenters. The Morgan fingerprint density at radius 1 is 1.17 bits per heavy atom. The summed E-state index contributed by atoms with van der Waals surface area (Å²) in [5.41, 5.74) is 0.956. The van der Waals surface area contributed by atoms with Gasteiger partial charge < -0.3 is 18.9 Å². The summed E-state index contributed by atoms with van der Waals surface area (Å²) in [6, 6.07) is 11.9. The maximum absolute atomic E-state index is 13.6. The number of hydrogen-bond donors (Lipinski definition) is 0. The molecule has 0 radical (unpaired) electrons. The molecule has 2 aromatic carbocycles. The number of nitrogens with zero attached hydrogens (tertiary/aromatic N) is 2. The first kappa shape index (κ1) is 20.3. The molecule has 0 aliphatic rings. The second kappa shape index (κ2) is 8.72. The molecule has 152 valence electrons. The van der Waals surface area contributed by atoms with Gasteiger partial charge in [-0.3, -0.25) is 4.79 Å². The van der Waals surface area contributed by atoms with Crippen molar-refractivity contribution in [1.82, 2.24) is 10.1 Å². The van der Waals surface area contributed by atoms with Crippen molar-refractivity contribution < 1.29 is 27.6 Å². The van der Waals surface area contributed by atoms with Crippen LogP contribution in [0.3, 0.4) is 0 Å². The number of benzene rings is 2. The highest BCUT2D eigenvalue weighted by Crippen LogP contribution is 2.25. The summed E-state index contributed by atoms with van der Waals surface area (Å²) in [6.07, 6.45) is 0. The molecule has 1 amide bonds. The van der Waals surface area contributed by atoms with Crippen molar-refractivity contribution in [2.24, 2.45) is 0 Å². The standard InChI is InChI=1S/C21H20F2N2O4/c1-13(14-6-4-7-15(10-14)27-3)25(2)21(26)19-11-16(29-24-19)12-28-20-17(22)8-5-9-18(20)23/h4-11,13H,12H2,1-3H3/t13-/m0/s1. The van der Waals surface area contributed by atoms with Crippen LogP contribution >= 0.6 is 0 Å². The molecule has 1 heterocycles. The molecule has 0 bridgehead atoms. The van der Waals surface area contributed by atoms with Gasteiger partial charge in [0, 0.05) is 13.1 Å². The van der Waals surface area contributed by atoms with Crippen LogP contribution in [0.1, 0.15) is 34.8 Å². The molecule has 29 heavy (non-hydrogen) atoms. The van der Waals surface area contributed by atoms with Crippen LogP contribution in [0.2, 0.25) is 0 Å². The average Bonchev–Trinajstić information content (AvgIpc) is 3.20. The van der Waals surface area contributed by atoms with Gasteiger partial charge in [0.15, 0.2) is 28.8 Å². The molecule has 0 saturated carbocycles. The van der Waals surface area contributed by atoms with Gasteiger partial charge in [-0.15, -0.1) is 0 Å². The Hall–Kier alpha value is -3.42. The minimum absolute atomic E-state index is 0.0647. The molecular formula is C21H20F2N2O4. The first-order chi connectivity index (χ1) is 13.9. The van der Waals surface area contributed by atoms with E-state index < -0.39 is 17.4 Å². The number of aromatic nitrogens is 1. The third-order valence-electron chi connectivity index (χ3n) is 4.53. The Labute approximate surface area is 166 Å². The van der Waals surface area contributed by atoms with Crippen molar-refractivity contribution in [2.75, 3.05) is 14.2 Å². The zero-order chi connectivity index (χ0) is 21.0. The highest BCUT2D eigenvalue weighted by atomic mass is 19.1. The molecule has 1 aromatic heterocycles. The van der Waals surface area contributed by atoms with E-state index in [0.717, 1.165) is 17.7 Å². The van der Waals surface area contributed by atoms with Gasteiger partial charge in [-0.05, 0) is 36.8 Å². The van der Waals surface area contributed by atoms with E-state index in [2.05, 4.69) is 5.16 Å². The van der Waals surface area contributed by atoms with Gasteiger partial charge in [0.05, 0.1) is 13.2 Å². The highest BCUT2D eigenvalue weighted by Gasteiger charge is 2.23. The average molecular weight is 402 g/mol. The summed E-state index contributed by atoms with van der Waals surface area (Å²) in [4.78, 5) is 14.2. The lowest BCUT2D eigenvalue weighted by Crippen LogP contribution is -2.29. The van der Waals surface area contributed by atoms with Gasteiger partial charge in [0.1, 0.15) is 12.4 Å². The number of carbonyl (C=O) groups excluding carboxylic acids is 1. The lowest BCUT2D eigenvalue weighted by atomic mass is 10.1. The van der Waals surface area contributed by atoms with Crippen molar-refractivity contribution >= 4 is 5.91 Å². The van der Waals surface area contributed by atoms with E-state index >= 15 is 0 Å². The van der Waals surface area contributed by atoms with E-state index in [-0.39, 0.29) is 30.0 Å². The zero-order valence-electron chi connectivity index (χ0n) is 16.2. The first-order valence-electron chi connectivity index (χ1n) is 8.84. The Morgan fingerprint density at radius 2 is 1.86 bits per heavy atom. The van der Waals surface area contributed by atoms with Crippen LogP contribution in [-0.2, 0) is 6.61 Å². The minimum Gasteiger partial charge on any atom is -0.497 e. The van der Waals surface area contributed by atoms with Gasteiger partial charge in [-0.1, -0.05) is 23.4 Å². The van der Waals surface area contributed by atoms with E-state index in [1.54, 1.807) is 14.2 Å². The van der Waals surface area contributed by atoms with Gasteiger partial charge in [0.2, 0.25) is 0 Å². The summed E-state index contributed by atoms with van der Waals surface area (Å²) in [5.74, 6) is -1.68. The quantitative estimate of drug-likeness (QED) is 0.587. The smallest absolute Gasteiger partial charge is 0.276 e.